The lowest BCUT2D eigenvalue weighted by molar-refractivity contribution is -0.114. The number of sulfonamides is 1. The molecule has 5 nitrogen and oxygen atoms in total. The van der Waals surface area contributed by atoms with Gasteiger partial charge in [-0.15, -0.1) is 0 Å². The van der Waals surface area contributed by atoms with Crippen molar-refractivity contribution in [3.05, 3.63) is 58.1 Å². The van der Waals surface area contributed by atoms with Crippen LogP contribution in [0.25, 0.3) is 0 Å². The number of hydrogen-bond donors (Lipinski definition) is 1. The van der Waals surface area contributed by atoms with Crippen LogP contribution < -0.4 is 9.62 Å². The second kappa shape index (κ2) is 8.09. The summed E-state index contributed by atoms with van der Waals surface area (Å²) < 4.78 is 25.5. The average Bonchev–Trinajstić information content (AvgIpc) is 2.50. The lowest BCUT2D eigenvalue weighted by Crippen LogP contribution is -2.37. The number of nitrogens with zero attached hydrogens (tertiary/aromatic N) is 1. The van der Waals surface area contributed by atoms with Crippen LogP contribution in [0.4, 0.5) is 11.4 Å². The molecule has 0 bridgehead atoms. The van der Waals surface area contributed by atoms with Gasteiger partial charge in [-0.25, -0.2) is 8.42 Å². The molecule has 2 aromatic rings. The first-order valence-electron chi connectivity index (χ1n) is 8.20. The summed E-state index contributed by atoms with van der Waals surface area (Å²) >= 11 is 11.8. The quantitative estimate of drug-likeness (QED) is 0.750. The first-order chi connectivity index (χ1) is 12.4. The van der Waals surface area contributed by atoms with Crippen LogP contribution in [0.1, 0.15) is 26.3 Å². The van der Waals surface area contributed by atoms with Crippen LogP contribution in [0.5, 0.6) is 0 Å². The number of carbonyl (C=O) groups excluding carboxylic acids is 1. The summed E-state index contributed by atoms with van der Waals surface area (Å²) in [6, 6.07) is 11.7. The molecule has 0 saturated carbocycles. The zero-order chi connectivity index (χ0) is 20.4. The van der Waals surface area contributed by atoms with Crippen LogP contribution in [0.2, 0.25) is 10.0 Å². The van der Waals surface area contributed by atoms with Crippen molar-refractivity contribution in [2.45, 2.75) is 26.2 Å². The smallest absolute Gasteiger partial charge is 0.245 e. The van der Waals surface area contributed by atoms with Crippen LogP contribution in [0.3, 0.4) is 0 Å². The average molecular weight is 429 g/mol. The number of hydrogen-bond acceptors (Lipinski definition) is 3. The highest BCUT2D eigenvalue weighted by atomic mass is 35.5. The Morgan fingerprint density at radius 3 is 2.00 bits per heavy atom. The number of carbonyl (C=O) groups is 1. The molecule has 0 atom stereocenters. The van der Waals surface area contributed by atoms with E-state index in [-0.39, 0.29) is 12.0 Å². The highest BCUT2D eigenvalue weighted by Gasteiger charge is 2.22. The third kappa shape index (κ3) is 6.13. The van der Waals surface area contributed by atoms with Crippen molar-refractivity contribution in [2.75, 3.05) is 22.4 Å². The predicted molar refractivity (Wildman–Crippen MR) is 112 cm³/mol. The lowest BCUT2D eigenvalue weighted by Gasteiger charge is -2.24. The van der Waals surface area contributed by atoms with Crippen LogP contribution in [0, 0.1) is 0 Å². The molecule has 0 aromatic heterocycles. The Kier molecular flexibility index (Phi) is 6.45. The molecule has 0 unspecified atom stereocenters. The molecule has 0 aliphatic carbocycles. The summed E-state index contributed by atoms with van der Waals surface area (Å²) in [5.41, 5.74) is 1.83. The summed E-state index contributed by atoms with van der Waals surface area (Å²) in [5.74, 6) is -0.501. The maximum atomic E-state index is 12.4. The summed E-state index contributed by atoms with van der Waals surface area (Å²) in [6.07, 6.45) is 1.06. The van der Waals surface area contributed by atoms with Crippen LogP contribution >= 0.6 is 23.2 Å². The fourth-order valence-corrected chi connectivity index (χ4v) is 3.87. The first kappa shape index (κ1) is 21.5. The molecular formula is C19H22Cl2N2O3S. The van der Waals surface area contributed by atoms with E-state index in [1.54, 1.807) is 18.2 Å². The van der Waals surface area contributed by atoms with E-state index in [1.807, 2.05) is 12.1 Å². The monoisotopic (exact) mass is 428 g/mol. The van der Waals surface area contributed by atoms with Crippen molar-refractivity contribution in [3.63, 3.8) is 0 Å². The van der Waals surface area contributed by atoms with Crippen molar-refractivity contribution < 1.29 is 13.2 Å². The van der Waals surface area contributed by atoms with Gasteiger partial charge < -0.3 is 5.32 Å². The summed E-state index contributed by atoms with van der Waals surface area (Å²) in [6.45, 7) is 5.84. The van der Waals surface area contributed by atoms with E-state index in [4.69, 9.17) is 23.2 Å². The van der Waals surface area contributed by atoms with Crippen molar-refractivity contribution in [3.8, 4) is 0 Å². The van der Waals surface area contributed by atoms with Crippen LogP contribution in [0.15, 0.2) is 42.5 Å². The number of benzene rings is 2. The number of amides is 1. The second-order valence-electron chi connectivity index (χ2n) is 7.27. The Balaban J connectivity index is 2.23. The summed E-state index contributed by atoms with van der Waals surface area (Å²) in [7, 11) is -3.65. The minimum atomic E-state index is -3.65. The highest BCUT2D eigenvalue weighted by molar-refractivity contribution is 7.92. The second-order valence-corrected chi connectivity index (χ2v) is 10.1. The maximum Gasteiger partial charge on any atom is 0.245 e. The molecule has 0 saturated heterocycles. The van der Waals surface area contributed by atoms with Gasteiger partial charge in [-0.2, -0.15) is 0 Å². The van der Waals surface area contributed by atoms with Gasteiger partial charge in [0.25, 0.3) is 0 Å². The standard InChI is InChI=1S/C19H22Cl2N2O3S/c1-19(2,3)13-5-7-17(8-6-13)23(27(4,25)26)12-18(24)22-16-10-14(20)9-15(21)11-16/h5-11H,12H2,1-4H3,(H,22,24). The molecule has 0 aliphatic rings. The van der Waals surface area contributed by atoms with E-state index in [1.165, 1.54) is 12.1 Å². The molecule has 0 heterocycles. The van der Waals surface area contributed by atoms with E-state index in [9.17, 15) is 13.2 Å². The summed E-state index contributed by atoms with van der Waals surface area (Å²) in [5, 5.41) is 3.36. The minimum absolute atomic E-state index is 0.0579. The van der Waals surface area contributed by atoms with Gasteiger partial charge in [0, 0.05) is 15.7 Å². The SMILES string of the molecule is CC(C)(C)c1ccc(N(CC(=O)Nc2cc(Cl)cc(Cl)c2)S(C)(=O)=O)cc1. The number of nitrogens with one attached hydrogen (secondary N) is 1. The molecule has 146 valence electrons. The van der Waals surface area contributed by atoms with Gasteiger partial charge in [0.2, 0.25) is 15.9 Å². The van der Waals surface area contributed by atoms with Gasteiger partial charge in [-0.05, 0) is 41.3 Å². The van der Waals surface area contributed by atoms with Crippen LogP contribution in [-0.4, -0.2) is 27.1 Å². The normalized spacial score (nSPS) is 11.9. The van der Waals surface area contributed by atoms with E-state index < -0.39 is 15.9 Å². The van der Waals surface area contributed by atoms with Crippen molar-refractivity contribution in [1.82, 2.24) is 0 Å². The maximum absolute atomic E-state index is 12.4. The zero-order valence-electron chi connectivity index (χ0n) is 15.6. The van der Waals surface area contributed by atoms with E-state index in [0.717, 1.165) is 16.1 Å². The molecule has 0 fully saturated rings. The first-order valence-corrected chi connectivity index (χ1v) is 10.8. The van der Waals surface area contributed by atoms with E-state index in [0.29, 0.717) is 21.4 Å². The van der Waals surface area contributed by atoms with E-state index in [2.05, 4.69) is 26.1 Å². The van der Waals surface area contributed by atoms with E-state index >= 15 is 0 Å². The van der Waals surface area contributed by atoms with Gasteiger partial charge >= 0.3 is 0 Å². The van der Waals surface area contributed by atoms with Crippen molar-refractivity contribution >= 4 is 50.5 Å². The molecule has 2 aromatic carbocycles. The van der Waals surface area contributed by atoms with Crippen molar-refractivity contribution in [2.24, 2.45) is 0 Å². The molecule has 1 N–H and O–H groups in total. The fraction of sp³-hybridized carbons (Fsp3) is 0.316. The largest absolute Gasteiger partial charge is 0.324 e. The molecule has 0 spiro atoms. The number of rotatable bonds is 5. The lowest BCUT2D eigenvalue weighted by atomic mass is 9.87. The third-order valence-electron chi connectivity index (χ3n) is 3.86. The minimum Gasteiger partial charge on any atom is -0.324 e. The van der Waals surface area contributed by atoms with Gasteiger partial charge in [-0.3, -0.25) is 9.10 Å². The molecule has 27 heavy (non-hydrogen) atoms. The molecule has 8 heteroatoms. The van der Waals surface area contributed by atoms with Crippen molar-refractivity contribution in [1.29, 1.82) is 0 Å². The molecule has 2 rings (SSSR count). The molecule has 1 amide bonds. The summed E-state index contributed by atoms with van der Waals surface area (Å²) in [4.78, 5) is 12.4. The van der Waals surface area contributed by atoms with Gasteiger partial charge in [0.05, 0.1) is 11.9 Å². The van der Waals surface area contributed by atoms with Crippen LogP contribution in [-0.2, 0) is 20.2 Å². The Labute approximate surface area is 170 Å². The topological polar surface area (TPSA) is 66.5 Å². The fourth-order valence-electron chi connectivity index (χ4n) is 2.48. The Bertz CT molecular complexity index is 916. The Morgan fingerprint density at radius 2 is 1.56 bits per heavy atom. The highest BCUT2D eigenvalue weighted by Crippen LogP contribution is 2.26. The number of anilines is 2. The third-order valence-corrected chi connectivity index (χ3v) is 5.43. The van der Waals surface area contributed by atoms with Gasteiger partial charge in [0.1, 0.15) is 6.54 Å². The zero-order valence-corrected chi connectivity index (χ0v) is 17.9. The van der Waals surface area contributed by atoms with Gasteiger partial charge in [-0.1, -0.05) is 56.1 Å². The molecule has 0 aliphatic heterocycles. The Hall–Kier alpha value is -1.76. The molecular weight excluding hydrogens is 407 g/mol. The Morgan fingerprint density at radius 1 is 1.04 bits per heavy atom. The predicted octanol–water partition coefficient (Wildman–Crippen LogP) is 4.70. The number of halogens is 2. The van der Waals surface area contributed by atoms with Gasteiger partial charge in [0.15, 0.2) is 0 Å². The molecule has 0 radical (unpaired) electrons.